The van der Waals surface area contributed by atoms with Crippen molar-refractivity contribution in [2.24, 2.45) is 11.7 Å². The Bertz CT molecular complexity index is 159. The Labute approximate surface area is 87.6 Å². The SMILES string of the molecule is CCC(C)C(CN)N1CCOCC1C. The molecule has 0 amide bonds. The molecule has 14 heavy (non-hydrogen) atoms. The molecule has 0 aromatic carbocycles. The summed E-state index contributed by atoms with van der Waals surface area (Å²) in [4.78, 5) is 2.51. The molecule has 1 rings (SSSR count). The standard InChI is InChI=1S/C11H24N2O/c1-4-9(2)11(7-12)13-5-6-14-8-10(13)3/h9-11H,4-8,12H2,1-3H3. The Hall–Kier alpha value is -0.120. The lowest BCUT2D eigenvalue weighted by Gasteiger charge is -2.41. The van der Waals surface area contributed by atoms with Gasteiger partial charge in [-0.25, -0.2) is 0 Å². The highest BCUT2D eigenvalue weighted by Gasteiger charge is 2.28. The lowest BCUT2D eigenvalue weighted by molar-refractivity contribution is -0.0312. The number of rotatable bonds is 4. The first-order chi connectivity index (χ1) is 6.70. The summed E-state index contributed by atoms with van der Waals surface area (Å²) in [6.07, 6.45) is 1.20. The molecule has 3 atom stereocenters. The van der Waals surface area contributed by atoms with E-state index in [0.717, 1.165) is 26.3 Å². The van der Waals surface area contributed by atoms with Gasteiger partial charge >= 0.3 is 0 Å². The molecule has 0 bridgehead atoms. The molecule has 3 unspecified atom stereocenters. The van der Waals surface area contributed by atoms with Crippen molar-refractivity contribution >= 4 is 0 Å². The van der Waals surface area contributed by atoms with Gasteiger partial charge in [0.2, 0.25) is 0 Å². The average Bonchev–Trinajstić information content (AvgIpc) is 2.21. The van der Waals surface area contributed by atoms with Crippen molar-refractivity contribution in [3.63, 3.8) is 0 Å². The molecule has 0 radical (unpaired) electrons. The fourth-order valence-corrected chi connectivity index (χ4v) is 2.20. The maximum atomic E-state index is 5.86. The largest absolute Gasteiger partial charge is 0.379 e. The van der Waals surface area contributed by atoms with E-state index in [-0.39, 0.29) is 0 Å². The molecular weight excluding hydrogens is 176 g/mol. The fourth-order valence-electron chi connectivity index (χ4n) is 2.20. The molecule has 1 aliphatic heterocycles. The van der Waals surface area contributed by atoms with Crippen LogP contribution in [0.25, 0.3) is 0 Å². The molecule has 0 aromatic rings. The van der Waals surface area contributed by atoms with Crippen molar-refractivity contribution in [2.75, 3.05) is 26.3 Å². The van der Waals surface area contributed by atoms with Crippen LogP contribution in [-0.4, -0.2) is 43.3 Å². The second-order valence-electron chi connectivity index (χ2n) is 4.35. The van der Waals surface area contributed by atoms with Gasteiger partial charge in [0.05, 0.1) is 13.2 Å². The molecule has 1 saturated heterocycles. The van der Waals surface area contributed by atoms with Crippen LogP contribution in [0.4, 0.5) is 0 Å². The molecular formula is C11H24N2O. The summed E-state index contributed by atoms with van der Waals surface area (Å²) in [5, 5.41) is 0. The number of nitrogens with two attached hydrogens (primary N) is 1. The van der Waals surface area contributed by atoms with Gasteiger partial charge in [-0.05, 0) is 12.8 Å². The summed E-state index contributed by atoms with van der Waals surface area (Å²) in [6.45, 7) is 10.3. The highest BCUT2D eigenvalue weighted by molar-refractivity contribution is 4.83. The predicted octanol–water partition coefficient (Wildman–Crippen LogP) is 1.08. The molecule has 2 N–H and O–H groups in total. The number of nitrogens with zero attached hydrogens (tertiary/aromatic N) is 1. The van der Waals surface area contributed by atoms with E-state index >= 15 is 0 Å². The van der Waals surface area contributed by atoms with E-state index in [4.69, 9.17) is 10.5 Å². The van der Waals surface area contributed by atoms with Crippen molar-refractivity contribution < 1.29 is 4.74 Å². The van der Waals surface area contributed by atoms with Crippen molar-refractivity contribution in [3.05, 3.63) is 0 Å². The van der Waals surface area contributed by atoms with E-state index in [2.05, 4.69) is 25.7 Å². The molecule has 84 valence electrons. The third kappa shape index (κ3) is 2.69. The first-order valence-electron chi connectivity index (χ1n) is 5.74. The third-order valence-electron chi connectivity index (χ3n) is 3.39. The smallest absolute Gasteiger partial charge is 0.0619 e. The predicted molar refractivity (Wildman–Crippen MR) is 59.3 cm³/mol. The second-order valence-corrected chi connectivity index (χ2v) is 4.35. The van der Waals surface area contributed by atoms with Gasteiger partial charge in [-0.15, -0.1) is 0 Å². The van der Waals surface area contributed by atoms with Crippen molar-refractivity contribution in [3.8, 4) is 0 Å². The normalized spacial score (nSPS) is 28.7. The Kier molecular flexibility index (Phi) is 4.85. The van der Waals surface area contributed by atoms with Crippen LogP contribution >= 0.6 is 0 Å². The van der Waals surface area contributed by atoms with Crippen LogP contribution in [-0.2, 0) is 4.74 Å². The number of hydrogen-bond acceptors (Lipinski definition) is 3. The molecule has 0 aliphatic carbocycles. The first-order valence-corrected chi connectivity index (χ1v) is 5.74. The summed E-state index contributed by atoms with van der Waals surface area (Å²) in [5.74, 6) is 0.681. The zero-order valence-corrected chi connectivity index (χ0v) is 9.70. The summed E-state index contributed by atoms with van der Waals surface area (Å²) in [6, 6.07) is 1.05. The summed E-state index contributed by atoms with van der Waals surface area (Å²) in [7, 11) is 0. The van der Waals surface area contributed by atoms with Gasteiger partial charge in [0.1, 0.15) is 0 Å². The minimum Gasteiger partial charge on any atom is -0.379 e. The second kappa shape index (κ2) is 5.69. The molecule has 3 nitrogen and oxygen atoms in total. The Morgan fingerprint density at radius 1 is 1.57 bits per heavy atom. The van der Waals surface area contributed by atoms with Gasteiger partial charge in [0.25, 0.3) is 0 Å². The van der Waals surface area contributed by atoms with Crippen LogP contribution < -0.4 is 5.73 Å². The van der Waals surface area contributed by atoms with E-state index in [9.17, 15) is 0 Å². The Morgan fingerprint density at radius 2 is 2.29 bits per heavy atom. The highest BCUT2D eigenvalue weighted by atomic mass is 16.5. The maximum absolute atomic E-state index is 5.86. The van der Waals surface area contributed by atoms with E-state index in [1.165, 1.54) is 6.42 Å². The van der Waals surface area contributed by atoms with Crippen molar-refractivity contribution in [1.29, 1.82) is 0 Å². The lowest BCUT2D eigenvalue weighted by Crippen LogP contribution is -2.54. The maximum Gasteiger partial charge on any atom is 0.0619 e. The minimum atomic E-state index is 0.520. The Morgan fingerprint density at radius 3 is 2.79 bits per heavy atom. The van der Waals surface area contributed by atoms with E-state index in [0.29, 0.717) is 18.0 Å². The zero-order chi connectivity index (χ0) is 10.6. The summed E-state index contributed by atoms with van der Waals surface area (Å²) < 4.78 is 5.44. The van der Waals surface area contributed by atoms with Crippen LogP contribution in [0.3, 0.4) is 0 Å². The monoisotopic (exact) mass is 200 g/mol. The van der Waals surface area contributed by atoms with Gasteiger partial charge in [-0.2, -0.15) is 0 Å². The fraction of sp³-hybridized carbons (Fsp3) is 1.00. The zero-order valence-electron chi connectivity index (χ0n) is 9.70. The van der Waals surface area contributed by atoms with Crippen LogP contribution in [0, 0.1) is 5.92 Å². The van der Waals surface area contributed by atoms with E-state index < -0.39 is 0 Å². The highest BCUT2D eigenvalue weighted by Crippen LogP contribution is 2.18. The van der Waals surface area contributed by atoms with Crippen molar-refractivity contribution in [2.45, 2.75) is 39.3 Å². The Balaban J connectivity index is 2.57. The van der Waals surface area contributed by atoms with Gasteiger partial charge in [0, 0.05) is 25.2 Å². The summed E-state index contributed by atoms with van der Waals surface area (Å²) >= 11 is 0. The number of hydrogen-bond donors (Lipinski definition) is 1. The van der Waals surface area contributed by atoms with E-state index in [1.54, 1.807) is 0 Å². The van der Waals surface area contributed by atoms with Crippen LogP contribution in [0.5, 0.6) is 0 Å². The van der Waals surface area contributed by atoms with Crippen molar-refractivity contribution in [1.82, 2.24) is 4.90 Å². The molecule has 0 saturated carbocycles. The van der Waals surface area contributed by atoms with Gasteiger partial charge < -0.3 is 10.5 Å². The van der Waals surface area contributed by atoms with Crippen LogP contribution in [0.2, 0.25) is 0 Å². The molecule has 1 aliphatic rings. The minimum absolute atomic E-state index is 0.520. The average molecular weight is 200 g/mol. The molecule has 3 heteroatoms. The topological polar surface area (TPSA) is 38.5 Å². The molecule has 0 aromatic heterocycles. The van der Waals surface area contributed by atoms with Crippen LogP contribution in [0.15, 0.2) is 0 Å². The summed E-state index contributed by atoms with van der Waals surface area (Å²) in [5.41, 5.74) is 5.86. The molecule has 1 fully saturated rings. The molecule has 0 spiro atoms. The third-order valence-corrected chi connectivity index (χ3v) is 3.39. The van der Waals surface area contributed by atoms with Crippen LogP contribution in [0.1, 0.15) is 27.2 Å². The van der Waals surface area contributed by atoms with Gasteiger partial charge in [-0.1, -0.05) is 20.3 Å². The van der Waals surface area contributed by atoms with E-state index in [1.807, 2.05) is 0 Å². The quantitative estimate of drug-likeness (QED) is 0.738. The van der Waals surface area contributed by atoms with Gasteiger partial charge in [-0.3, -0.25) is 4.90 Å². The number of ether oxygens (including phenoxy) is 1. The molecule has 1 heterocycles. The van der Waals surface area contributed by atoms with Gasteiger partial charge in [0.15, 0.2) is 0 Å². The lowest BCUT2D eigenvalue weighted by atomic mass is 9.96. The first kappa shape index (κ1) is 12.0. The number of morpholine rings is 1.